The molecule has 3 heteroatoms. The first-order chi connectivity index (χ1) is 7.63. The number of esters is 1. The second kappa shape index (κ2) is 6.16. The Bertz CT molecular complexity index is 345. The van der Waals surface area contributed by atoms with Crippen LogP contribution in [0, 0.1) is 0 Å². The first kappa shape index (κ1) is 12.6. The van der Waals surface area contributed by atoms with E-state index in [1.807, 2.05) is 26.8 Å². The molecule has 0 saturated heterocycles. The van der Waals surface area contributed by atoms with E-state index in [0.717, 1.165) is 6.42 Å². The van der Waals surface area contributed by atoms with Gasteiger partial charge in [-0.25, -0.2) is 4.79 Å². The zero-order chi connectivity index (χ0) is 12.0. The van der Waals surface area contributed by atoms with Crippen molar-refractivity contribution in [2.45, 2.75) is 33.3 Å². The Morgan fingerprint density at radius 2 is 2.12 bits per heavy atom. The van der Waals surface area contributed by atoms with Crippen molar-refractivity contribution in [2.75, 3.05) is 6.61 Å². The molecule has 0 aliphatic rings. The average Bonchev–Trinajstić information content (AvgIpc) is 2.25. The summed E-state index contributed by atoms with van der Waals surface area (Å²) in [4.78, 5) is 11.6. The monoisotopic (exact) mass is 222 g/mol. The highest BCUT2D eigenvalue weighted by Crippen LogP contribution is 2.15. The highest BCUT2D eigenvalue weighted by Gasteiger charge is 2.08. The maximum Gasteiger partial charge on any atom is 0.338 e. The molecule has 0 heterocycles. The molecule has 0 radical (unpaired) electrons. The summed E-state index contributed by atoms with van der Waals surface area (Å²) in [7, 11) is 0. The molecular formula is C13H18O3. The number of carbonyl (C=O) groups excluding carboxylic acids is 1. The van der Waals surface area contributed by atoms with E-state index in [1.54, 1.807) is 18.2 Å². The van der Waals surface area contributed by atoms with Crippen molar-refractivity contribution < 1.29 is 14.3 Å². The lowest BCUT2D eigenvalue weighted by atomic mass is 10.2. The van der Waals surface area contributed by atoms with Crippen molar-refractivity contribution in [3.63, 3.8) is 0 Å². The molecule has 1 aromatic carbocycles. The number of rotatable bonds is 5. The highest BCUT2D eigenvalue weighted by atomic mass is 16.5. The molecule has 0 aliphatic heterocycles. The van der Waals surface area contributed by atoms with E-state index in [2.05, 4.69) is 0 Å². The Labute approximate surface area is 96.4 Å². The van der Waals surface area contributed by atoms with E-state index >= 15 is 0 Å². The lowest BCUT2D eigenvalue weighted by Crippen LogP contribution is -2.08. The van der Waals surface area contributed by atoms with Crippen LogP contribution in [0.3, 0.4) is 0 Å². The zero-order valence-corrected chi connectivity index (χ0v) is 10.0. The molecule has 0 aromatic heterocycles. The molecule has 1 rings (SSSR count). The Kier molecular flexibility index (Phi) is 4.83. The molecule has 0 N–H and O–H groups in total. The zero-order valence-electron chi connectivity index (χ0n) is 10.0. The predicted molar refractivity (Wildman–Crippen MR) is 62.8 cm³/mol. The quantitative estimate of drug-likeness (QED) is 0.718. The van der Waals surface area contributed by atoms with Gasteiger partial charge in [-0.15, -0.1) is 0 Å². The smallest absolute Gasteiger partial charge is 0.338 e. The third-order valence-electron chi connectivity index (χ3n) is 1.88. The van der Waals surface area contributed by atoms with Gasteiger partial charge < -0.3 is 9.47 Å². The van der Waals surface area contributed by atoms with Gasteiger partial charge in [-0.1, -0.05) is 13.0 Å². The number of carbonyl (C=O) groups is 1. The maximum atomic E-state index is 11.6. The van der Waals surface area contributed by atoms with Crippen molar-refractivity contribution in [3.8, 4) is 5.75 Å². The second-order valence-electron chi connectivity index (χ2n) is 3.83. The first-order valence-electron chi connectivity index (χ1n) is 5.57. The fraction of sp³-hybridized carbons (Fsp3) is 0.462. The van der Waals surface area contributed by atoms with Gasteiger partial charge in [0.2, 0.25) is 0 Å². The lowest BCUT2D eigenvalue weighted by Gasteiger charge is -2.10. The minimum absolute atomic E-state index is 0.0990. The minimum Gasteiger partial charge on any atom is -0.491 e. The van der Waals surface area contributed by atoms with Crippen LogP contribution in [-0.2, 0) is 4.74 Å². The van der Waals surface area contributed by atoms with Crippen LogP contribution in [0.4, 0.5) is 0 Å². The summed E-state index contributed by atoms with van der Waals surface area (Å²) in [6.45, 7) is 6.31. The molecule has 0 unspecified atom stereocenters. The first-order valence-corrected chi connectivity index (χ1v) is 5.57. The van der Waals surface area contributed by atoms with Crippen molar-refractivity contribution in [2.24, 2.45) is 0 Å². The van der Waals surface area contributed by atoms with E-state index in [9.17, 15) is 4.79 Å². The molecular weight excluding hydrogens is 204 g/mol. The number of benzene rings is 1. The van der Waals surface area contributed by atoms with Gasteiger partial charge in [0.1, 0.15) is 5.75 Å². The largest absolute Gasteiger partial charge is 0.491 e. The Morgan fingerprint density at radius 1 is 1.38 bits per heavy atom. The predicted octanol–water partition coefficient (Wildman–Crippen LogP) is 3.04. The summed E-state index contributed by atoms with van der Waals surface area (Å²) in [5.41, 5.74) is 0.534. The van der Waals surface area contributed by atoms with E-state index in [0.29, 0.717) is 17.9 Å². The van der Waals surface area contributed by atoms with Crippen LogP contribution in [0.25, 0.3) is 0 Å². The molecule has 0 amide bonds. The van der Waals surface area contributed by atoms with Crippen LogP contribution in [0.1, 0.15) is 37.6 Å². The molecule has 0 aliphatic carbocycles. The topological polar surface area (TPSA) is 35.5 Å². The van der Waals surface area contributed by atoms with Gasteiger partial charge in [0.25, 0.3) is 0 Å². The fourth-order valence-corrected chi connectivity index (χ4v) is 1.25. The Hall–Kier alpha value is -1.51. The van der Waals surface area contributed by atoms with Crippen LogP contribution in [0.5, 0.6) is 5.75 Å². The van der Waals surface area contributed by atoms with Crippen molar-refractivity contribution in [1.82, 2.24) is 0 Å². The molecule has 16 heavy (non-hydrogen) atoms. The van der Waals surface area contributed by atoms with Crippen LogP contribution in [0.2, 0.25) is 0 Å². The van der Waals surface area contributed by atoms with Crippen LogP contribution in [0.15, 0.2) is 24.3 Å². The fourth-order valence-electron chi connectivity index (χ4n) is 1.25. The summed E-state index contributed by atoms with van der Waals surface area (Å²) >= 11 is 0. The highest BCUT2D eigenvalue weighted by molar-refractivity contribution is 5.89. The van der Waals surface area contributed by atoms with Crippen molar-refractivity contribution in [3.05, 3.63) is 29.8 Å². The minimum atomic E-state index is -0.295. The molecule has 0 atom stereocenters. The molecule has 0 bridgehead atoms. The van der Waals surface area contributed by atoms with E-state index in [1.165, 1.54) is 0 Å². The standard InChI is InChI=1S/C13H18O3/c1-4-8-15-13(14)11-6-5-7-12(9-11)16-10(2)3/h5-7,9-10H,4,8H2,1-3H3. The number of ether oxygens (including phenoxy) is 2. The van der Waals surface area contributed by atoms with Crippen LogP contribution >= 0.6 is 0 Å². The summed E-state index contributed by atoms with van der Waals surface area (Å²) in [5.74, 6) is 0.400. The van der Waals surface area contributed by atoms with Gasteiger partial charge in [-0.05, 0) is 38.5 Å². The lowest BCUT2D eigenvalue weighted by molar-refractivity contribution is 0.0504. The van der Waals surface area contributed by atoms with Crippen molar-refractivity contribution >= 4 is 5.97 Å². The van der Waals surface area contributed by atoms with Gasteiger partial charge in [0.15, 0.2) is 0 Å². The van der Waals surface area contributed by atoms with Crippen molar-refractivity contribution in [1.29, 1.82) is 0 Å². The molecule has 0 saturated carbocycles. The second-order valence-corrected chi connectivity index (χ2v) is 3.83. The Morgan fingerprint density at radius 3 is 2.75 bits per heavy atom. The molecule has 0 spiro atoms. The van der Waals surface area contributed by atoms with E-state index in [-0.39, 0.29) is 12.1 Å². The van der Waals surface area contributed by atoms with Gasteiger partial charge in [0.05, 0.1) is 18.3 Å². The number of hydrogen-bond donors (Lipinski definition) is 0. The van der Waals surface area contributed by atoms with Gasteiger partial charge in [0, 0.05) is 0 Å². The van der Waals surface area contributed by atoms with E-state index in [4.69, 9.17) is 9.47 Å². The molecule has 1 aromatic rings. The van der Waals surface area contributed by atoms with Gasteiger partial charge >= 0.3 is 5.97 Å². The van der Waals surface area contributed by atoms with Crippen LogP contribution < -0.4 is 4.74 Å². The maximum absolute atomic E-state index is 11.6. The van der Waals surface area contributed by atoms with Crippen LogP contribution in [-0.4, -0.2) is 18.7 Å². The molecule has 88 valence electrons. The average molecular weight is 222 g/mol. The third kappa shape index (κ3) is 3.93. The normalized spacial score (nSPS) is 10.2. The third-order valence-corrected chi connectivity index (χ3v) is 1.88. The molecule has 0 fully saturated rings. The summed E-state index contributed by atoms with van der Waals surface area (Å²) in [6, 6.07) is 7.06. The van der Waals surface area contributed by atoms with E-state index < -0.39 is 0 Å². The Balaban J connectivity index is 2.69. The SMILES string of the molecule is CCCOC(=O)c1cccc(OC(C)C)c1. The number of hydrogen-bond acceptors (Lipinski definition) is 3. The summed E-state index contributed by atoms with van der Waals surface area (Å²) < 4.78 is 10.5. The van der Waals surface area contributed by atoms with Gasteiger partial charge in [-0.2, -0.15) is 0 Å². The summed E-state index contributed by atoms with van der Waals surface area (Å²) in [5, 5.41) is 0. The molecule has 3 nitrogen and oxygen atoms in total. The summed E-state index contributed by atoms with van der Waals surface area (Å²) in [6.07, 6.45) is 0.926. The van der Waals surface area contributed by atoms with Gasteiger partial charge in [-0.3, -0.25) is 0 Å².